The van der Waals surface area contributed by atoms with Crippen LogP contribution in [0, 0.1) is 13.8 Å². The number of aryl methyl sites for hydroxylation is 2. The molecular weight excluding hydrogens is 320 g/mol. The minimum atomic E-state index is -0.651. The van der Waals surface area contributed by atoms with Crippen molar-refractivity contribution in [3.05, 3.63) is 29.3 Å². The number of hydrogen-bond acceptors (Lipinski definition) is 7. The molecule has 25 heavy (non-hydrogen) atoms. The zero-order valence-electron chi connectivity index (χ0n) is 14.7. The minimum absolute atomic E-state index is 0.109. The molecular formula is C17H22N6O2. The Labute approximate surface area is 146 Å². The summed E-state index contributed by atoms with van der Waals surface area (Å²) in [5.41, 5.74) is 0.321. The molecule has 1 atom stereocenters. The molecule has 1 N–H and O–H groups in total. The van der Waals surface area contributed by atoms with Gasteiger partial charge in [0.25, 0.3) is 0 Å². The Kier molecular flexibility index (Phi) is 3.70. The maximum absolute atomic E-state index is 11.8. The van der Waals surface area contributed by atoms with E-state index in [1.165, 1.54) is 19.8 Å². The molecule has 3 heterocycles. The smallest absolute Gasteiger partial charge is 0.223 e. The van der Waals surface area contributed by atoms with Gasteiger partial charge in [0, 0.05) is 44.6 Å². The summed E-state index contributed by atoms with van der Waals surface area (Å²) >= 11 is 0. The van der Waals surface area contributed by atoms with Crippen molar-refractivity contribution in [2.75, 3.05) is 18.0 Å². The number of nitrogens with zero attached hydrogens (tertiary/aromatic N) is 5. The van der Waals surface area contributed by atoms with Crippen molar-refractivity contribution in [3.63, 3.8) is 0 Å². The third-order valence-corrected chi connectivity index (χ3v) is 4.76. The van der Waals surface area contributed by atoms with E-state index >= 15 is 0 Å². The van der Waals surface area contributed by atoms with E-state index in [2.05, 4.69) is 25.3 Å². The van der Waals surface area contributed by atoms with Crippen molar-refractivity contribution in [1.29, 1.82) is 0 Å². The van der Waals surface area contributed by atoms with Crippen LogP contribution in [0.5, 0.6) is 0 Å². The number of rotatable bonds is 4. The zero-order valence-corrected chi connectivity index (χ0v) is 14.7. The summed E-state index contributed by atoms with van der Waals surface area (Å²) < 4.78 is 5.15. The van der Waals surface area contributed by atoms with Gasteiger partial charge < -0.3 is 14.7 Å². The average Bonchev–Trinajstić information content (AvgIpc) is 3.17. The molecule has 2 aromatic rings. The van der Waals surface area contributed by atoms with Crippen LogP contribution in [0.2, 0.25) is 0 Å². The first-order valence-electron chi connectivity index (χ1n) is 8.65. The highest BCUT2D eigenvalue weighted by Crippen LogP contribution is 2.39. The number of nitrogens with one attached hydrogen (secondary N) is 1. The molecule has 1 saturated heterocycles. The lowest BCUT2D eigenvalue weighted by atomic mass is 9.97. The van der Waals surface area contributed by atoms with Gasteiger partial charge in [-0.3, -0.25) is 4.79 Å². The van der Waals surface area contributed by atoms with E-state index in [9.17, 15) is 4.79 Å². The van der Waals surface area contributed by atoms with Gasteiger partial charge in [0.2, 0.25) is 11.8 Å². The summed E-state index contributed by atoms with van der Waals surface area (Å²) in [4.78, 5) is 27.7. The Hall–Kier alpha value is -2.51. The van der Waals surface area contributed by atoms with Crippen LogP contribution in [0.15, 0.2) is 10.6 Å². The maximum atomic E-state index is 11.8. The van der Waals surface area contributed by atoms with Gasteiger partial charge in [-0.2, -0.15) is 4.98 Å². The maximum Gasteiger partial charge on any atom is 0.223 e. The fourth-order valence-corrected chi connectivity index (χ4v) is 3.44. The van der Waals surface area contributed by atoms with Crippen LogP contribution in [0.4, 0.5) is 5.82 Å². The third kappa shape index (κ3) is 3.08. The summed E-state index contributed by atoms with van der Waals surface area (Å²) in [6.07, 6.45) is 3.04. The van der Waals surface area contributed by atoms with E-state index in [0.717, 1.165) is 23.9 Å². The van der Waals surface area contributed by atoms with E-state index in [1.54, 1.807) is 6.92 Å². The quantitative estimate of drug-likeness (QED) is 0.901. The van der Waals surface area contributed by atoms with Crippen LogP contribution in [-0.2, 0) is 10.3 Å². The molecule has 4 rings (SSSR count). The average molecular weight is 342 g/mol. The van der Waals surface area contributed by atoms with Gasteiger partial charge in [-0.05, 0) is 26.2 Å². The Morgan fingerprint density at radius 3 is 2.76 bits per heavy atom. The zero-order chi connectivity index (χ0) is 17.6. The standard InChI is InChI=1S/C17H22N6O2/c1-10-8-14(20-15(18-10)13-4-5-13)23-7-6-17(9-23,21-11(2)24)16-19-12(3)25-22-16/h8,13H,4-7,9H2,1-3H3,(H,21,24). The molecule has 1 unspecified atom stereocenters. The first-order valence-corrected chi connectivity index (χ1v) is 8.65. The lowest BCUT2D eigenvalue weighted by Crippen LogP contribution is -2.48. The normalized spacial score (nSPS) is 23.1. The molecule has 1 aliphatic heterocycles. The van der Waals surface area contributed by atoms with Crippen LogP contribution >= 0.6 is 0 Å². The highest BCUT2D eigenvalue weighted by atomic mass is 16.5. The van der Waals surface area contributed by atoms with E-state index in [-0.39, 0.29) is 5.91 Å². The third-order valence-electron chi connectivity index (χ3n) is 4.76. The molecule has 132 valence electrons. The van der Waals surface area contributed by atoms with Crippen molar-refractivity contribution in [2.45, 2.75) is 51.5 Å². The number of hydrogen-bond donors (Lipinski definition) is 1. The van der Waals surface area contributed by atoms with Crippen molar-refractivity contribution in [2.24, 2.45) is 0 Å². The van der Waals surface area contributed by atoms with Gasteiger partial charge in [0.1, 0.15) is 17.2 Å². The Balaban J connectivity index is 1.64. The van der Waals surface area contributed by atoms with Gasteiger partial charge in [-0.25, -0.2) is 9.97 Å². The summed E-state index contributed by atoms with van der Waals surface area (Å²) in [5.74, 6) is 3.25. The molecule has 0 radical (unpaired) electrons. The van der Waals surface area contributed by atoms with Crippen molar-refractivity contribution < 1.29 is 9.32 Å². The summed E-state index contributed by atoms with van der Waals surface area (Å²) in [6, 6.07) is 2.00. The Morgan fingerprint density at radius 2 is 2.12 bits per heavy atom. The SMILES string of the molecule is CC(=O)NC1(c2noc(C)n2)CCN(c2cc(C)nc(C3CC3)n2)C1. The second-order valence-corrected chi connectivity index (χ2v) is 7.07. The number of anilines is 1. The summed E-state index contributed by atoms with van der Waals surface area (Å²) in [7, 11) is 0. The van der Waals surface area contributed by atoms with Crippen molar-refractivity contribution in [3.8, 4) is 0 Å². The lowest BCUT2D eigenvalue weighted by molar-refractivity contribution is -0.120. The number of aromatic nitrogens is 4. The molecule has 2 aromatic heterocycles. The minimum Gasteiger partial charge on any atom is -0.354 e. The van der Waals surface area contributed by atoms with Crippen LogP contribution in [0.25, 0.3) is 0 Å². The molecule has 0 bridgehead atoms. The van der Waals surface area contributed by atoms with Crippen LogP contribution < -0.4 is 10.2 Å². The highest BCUT2D eigenvalue weighted by Gasteiger charge is 2.45. The summed E-state index contributed by atoms with van der Waals surface area (Å²) in [6.45, 7) is 6.58. The van der Waals surface area contributed by atoms with E-state index < -0.39 is 5.54 Å². The molecule has 0 spiro atoms. The molecule has 0 aromatic carbocycles. The van der Waals surface area contributed by atoms with Crippen LogP contribution in [0.1, 0.15) is 55.3 Å². The van der Waals surface area contributed by atoms with Crippen LogP contribution in [-0.4, -0.2) is 39.1 Å². The van der Waals surface area contributed by atoms with Gasteiger partial charge in [-0.1, -0.05) is 5.16 Å². The fourth-order valence-electron chi connectivity index (χ4n) is 3.44. The molecule has 8 heteroatoms. The van der Waals surface area contributed by atoms with E-state index in [0.29, 0.717) is 30.6 Å². The largest absolute Gasteiger partial charge is 0.354 e. The predicted molar refractivity (Wildman–Crippen MR) is 90.1 cm³/mol. The fraction of sp³-hybridized carbons (Fsp3) is 0.588. The second kappa shape index (κ2) is 5.79. The lowest BCUT2D eigenvalue weighted by Gasteiger charge is -2.27. The van der Waals surface area contributed by atoms with Gasteiger partial charge in [0.05, 0.1) is 0 Å². The predicted octanol–water partition coefficient (Wildman–Crippen LogP) is 1.60. The molecule has 1 aliphatic carbocycles. The van der Waals surface area contributed by atoms with Gasteiger partial charge >= 0.3 is 0 Å². The van der Waals surface area contributed by atoms with Crippen molar-refractivity contribution in [1.82, 2.24) is 25.4 Å². The topological polar surface area (TPSA) is 97.0 Å². The molecule has 2 aliphatic rings. The van der Waals surface area contributed by atoms with Gasteiger partial charge in [-0.15, -0.1) is 0 Å². The first-order chi connectivity index (χ1) is 11.9. The van der Waals surface area contributed by atoms with E-state index in [4.69, 9.17) is 9.51 Å². The second-order valence-electron chi connectivity index (χ2n) is 7.07. The number of carbonyl (C=O) groups excluding carboxylic acids is 1. The molecule has 1 amide bonds. The highest BCUT2D eigenvalue weighted by molar-refractivity contribution is 5.74. The van der Waals surface area contributed by atoms with Crippen LogP contribution in [0.3, 0.4) is 0 Å². The molecule has 2 fully saturated rings. The first kappa shape index (κ1) is 16.0. The Morgan fingerprint density at radius 1 is 1.32 bits per heavy atom. The van der Waals surface area contributed by atoms with Gasteiger partial charge in [0.15, 0.2) is 5.82 Å². The molecule has 1 saturated carbocycles. The van der Waals surface area contributed by atoms with Crippen molar-refractivity contribution >= 4 is 11.7 Å². The number of carbonyl (C=O) groups is 1. The number of amides is 1. The monoisotopic (exact) mass is 342 g/mol. The molecule has 8 nitrogen and oxygen atoms in total. The summed E-state index contributed by atoms with van der Waals surface area (Å²) in [5, 5.41) is 7.10. The van der Waals surface area contributed by atoms with E-state index in [1.807, 2.05) is 13.0 Å². The Bertz CT molecular complexity index is 815.